The summed E-state index contributed by atoms with van der Waals surface area (Å²) in [5.41, 5.74) is 7.99. The lowest BCUT2D eigenvalue weighted by Gasteiger charge is -2.11. The lowest BCUT2D eigenvalue weighted by atomic mass is 10.2. The van der Waals surface area contributed by atoms with Crippen molar-refractivity contribution in [2.24, 2.45) is 0 Å². The zero-order chi connectivity index (χ0) is 18.1. The summed E-state index contributed by atoms with van der Waals surface area (Å²) in [6, 6.07) is 14.6. The van der Waals surface area contributed by atoms with E-state index >= 15 is 0 Å². The molecule has 8 heteroatoms. The van der Waals surface area contributed by atoms with Gasteiger partial charge in [-0.05, 0) is 24.3 Å². The number of aromatic amines is 1. The summed E-state index contributed by atoms with van der Waals surface area (Å²) in [4.78, 5) is 4.52. The second-order valence-corrected chi connectivity index (χ2v) is 5.54. The summed E-state index contributed by atoms with van der Waals surface area (Å²) in [5, 5.41) is 7.46. The predicted octanol–water partition coefficient (Wildman–Crippen LogP) is 3.12. The Bertz CT molecular complexity index is 1020. The van der Waals surface area contributed by atoms with Crippen molar-refractivity contribution in [3.8, 4) is 34.5 Å². The number of nitrogens with two attached hydrogens (primary N) is 1. The largest absolute Gasteiger partial charge is 0.493 e. The highest BCUT2D eigenvalue weighted by molar-refractivity contribution is 5.63. The van der Waals surface area contributed by atoms with Crippen LogP contribution in [0.25, 0.3) is 17.0 Å². The molecular weight excluding hydrogens is 334 g/mol. The van der Waals surface area contributed by atoms with Crippen molar-refractivity contribution in [1.29, 1.82) is 0 Å². The van der Waals surface area contributed by atoms with Crippen LogP contribution in [0.3, 0.4) is 0 Å². The molecule has 0 aliphatic rings. The van der Waals surface area contributed by atoms with Crippen molar-refractivity contribution in [2.45, 2.75) is 0 Å². The topological polar surface area (TPSA) is 99.7 Å². The molecule has 0 fully saturated rings. The average molecular weight is 351 g/mol. The molecule has 26 heavy (non-hydrogen) atoms. The van der Waals surface area contributed by atoms with Crippen LogP contribution in [0.15, 0.2) is 48.5 Å². The van der Waals surface area contributed by atoms with Crippen LogP contribution in [-0.2, 0) is 0 Å². The van der Waals surface area contributed by atoms with Gasteiger partial charge in [0, 0.05) is 17.3 Å². The van der Waals surface area contributed by atoms with E-state index in [0.717, 1.165) is 5.56 Å². The minimum atomic E-state index is 0.366. The van der Waals surface area contributed by atoms with Gasteiger partial charge in [-0.25, -0.2) is 4.98 Å². The smallest absolute Gasteiger partial charge is 0.243 e. The van der Waals surface area contributed by atoms with Gasteiger partial charge in [0.15, 0.2) is 23.0 Å². The number of fused-ring (bicyclic) bond motifs is 1. The summed E-state index contributed by atoms with van der Waals surface area (Å²) in [5.74, 6) is 2.59. The molecule has 0 spiro atoms. The first kappa shape index (κ1) is 15.8. The third kappa shape index (κ3) is 2.77. The van der Waals surface area contributed by atoms with E-state index in [1.807, 2.05) is 30.3 Å². The fourth-order valence-electron chi connectivity index (χ4n) is 2.64. The van der Waals surface area contributed by atoms with Crippen LogP contribution in [0.2, 0.25) is 0 Å². The van der Waals surface area contributed by atoms with Gasteiger partial charge in [0.25, 0.3) is 0 Å². The van der Waals surface area contributed by atoms with Gasteiger partial charge in [0.05, 0.1) is 14.2 Å². The summed E-state index contributed by atoms with van der Waals surface area (Å²) in [6.45, 7) is 0. The maximum Gasteiger partial charge on any atom is 0.243 e. The first-order valence-electron chi connectivity index (χ1n) is 7.88. The molecule has 0 bridgehead atoms. The third-order valence-electron chi connectivity index (χ3n) is 3.86. The summed E-state index contributed by atoms with van der Waals surface area (Å²) >= 11 is 0. The van der Waals surface area contributed by atoms with Crippen LogP contribution < -0.4 is 19.9 Å². The highest BCUT2D eigenvalue weighted by Crippen LogP contribution is 2.39. The van der Waals surface area contributed by atoms with E-state index in [1.165, 1.54) is 4.63 Å². The van der Waals surface area contributed by atoms with E-state index in [1.54, 1.807) is 32.4 Å². The fraction of sp³-hybridized carbons (Fsp3) is 0.111. The van der Waals surface area contributed by atoms with Crippen LogP contribution in [0, 0.1) is 0 Å². The number of anilines is 1. The Hall–Kier alpha value is -3.68. The second-order valence-electron chi connectivity index (χ2n) is 5.54. The number of ether oxygens (including phenoxy) is 3. The van der Waals surface area contributed by atoms with Crippen LogP contribution in [-0.4, -0.2) is 34.0 Å². The molecule has 0 aliphatic carbocycles. The number of hydrogen-bond donors (Lipinski definition) is 2. The fourth-order valence-corrected chi connectivity index (χ4v) is 2.64. The van der Waals surface area contributed by atoms with Gasteiger partial charge in [-0.2, -0.15) is 4.63 Å². The third-order valence-corrected chi connectivity index (χ3v) is 3.86. The second kappa shape index (κ2) is 6.32. The first-order chi connectivity index (χ1) is 12.7. The molecule has 0 saturated heterocycles. The van der Waals surface area contributed by atoms with E-state index < -0.39 is 0 Å². The van der Waals surface area contributed by atoms with Crippen molar-refractivity contribution in [3.05, 3.63) is 48.5 Å². The van der Waals surface area contributed by atoms with Gasteiger partial charge in [-0.1, -0.05) is 18.2 Å². The predicted molar refractivity (Wildman–Crippen MR) is 96.8 cm³/mol. The zero-order valence-corrected chi connectivity index (χ0v) is 14.3. The van der Waals surface area contributed by atoms with Gasteiger partial charge >= 0.3 is 0 Å². The standard InChI is InChI=1S/C18H17N5O3/c1-24-13-7-4-8-14(25-2)17(13)26-16-10-15-20-18(22-23(15)21-16)11-5-3-6-12(19)9-11/h3-10H,19H2,1-2H3,(H,20,22). The number of nitrogens with one attached hydrogen (secondary N) is 1. The Morgan fingerprint density at radius 3 is 2.38 bits per heavy atom. The first-order valence-corrected chi connectivity index (χ1v) is 7.88. The lowest BCUT2D eigenvalue weighted by Crippen LogP contribution is -1.95. The normalized spacial score (nSPS) is 10.8. The maximum atomic E-state index is 5.87. The minimum absolute atomic E-state index is 0.366. The number of hydrogen-bond acceptors (Lipinski definition) is 6. The van der Waals surface area contributed by atoms with Gasteiger partial charge in [-0.15, -0.1) is 5.10 Å². The minimum Gasteiger partial charge on any atom is -0.493 e. The highest BCUT2D eigenvalue weighted by atomic mass is 16.5. The van der Waals surface area contributed by atoms with Crippen molar-refractivity contribution in [3.63, 3.8) is 0 Å². The molecule has 4 rings (SSSR count). The van der Waals surface area contributed by atoms with E-state index in [0.29, 0.717) is 40.3 Å². The summed E-state index contributed by atoms with van der Waals surface area (Å²) < 4.78 is 18.1. The molecule has 0 saturated carbocycles. The molecule has 0 atom stereocenters. The molecule has 2 heterocycles. The van der Waals surface area contributed by atoms with Crippen LogP contribution in [0.1, 0.15) is 0 Å². The number of benzene rings is 2. The van der Waals surface area contributed by atoms with Gasteiger partial charge in [0.2, 0.25) is 11.6 Å². The molecule has 2 aromatic carbocycles. The number of H-pyrrole nitrogens is 1. The quantitative estimate of drug-likeness (QED) is 0.536. The summed E-state index contributed by atoms with van der Waals surface area (Å²) in [7, 11) is 3.14. The number of nitrogen functional groups attached to an aromatic ring is 1. The SMILES string of the molecule is COc1cccc(OC)c1Oc1cc2nc(-c3cccc(N)c3)[nH]n2n1. The molecule has 3 N–H and O–H groups in total. The van der Waals surface area contributed by atoms with Crippen LogP contribution in [0.5, 0.6) is 23.1 Å². The molecule has 4 aromatic rings. The average Bonchev–Trinajstić information content (AvgIpc) is 3.20. The Labute approximate surface area is 149 Å². The molecule has 8 nitrogen and oxygen atoms in total. The van der Waals surface area contributed by atoms with Crippen LogP contribution >= 0.6 is 0 Å². The number of methoxy groups -OCH3 is 2. The van der Waals surface area contributed by atoms with Crippen molar-refractivity contribution in [1.82, 2.24) is 19.8 Å². The maximum absolute atomic E-state index is 5.87. The van der Waals surface area contributed by atoms with Crippen molar-refractivity contribution >= 4 is 11.3 Å². The Morgan fingerprint density at radius 1 is 1.00 bits per heavy atom. The van der Waals surface area contributed by atoms with E-state index in [-0.39, 0.29) is 0 Å². The molecule has 0 aliphatic heterocycles. The van der Waals surface area contributed by atoms with Crippen LogP contribution in [0.4, 0.5) is 5.69 Å². The molecule has 0 unspecified atom stereocenters. The number of para-hydroxylation sites is 1. The van der Waals surface area contributed by atoms with Gasteiger partial charge in [0.1, 0.15) is 0 Å². The van der Waals surface area contributed by atoms with Crippen molar-refractivity contribution < 1.29 is 14.2 Å². The van der Waals surface area contributed by atoms with E-state index in [2.05, 4.69) is 15.2 Å². The molecule has 2 aromatic heterocycles. The lowest BCUT2D eigenvalue weighted by molar-refractivity contribution is 0.341. The zero-order valence-electron chi connectivity index (χ0n) is 14.3. The molecule has 0 radical (unpaired) electrons. The Kier molecular flexibility index (Phi) is 3.85. The summed E-state index contributed by atoms with van der Waals surface area (Å²) in [6.07, 6.45) is 0. The molecular formula is C18H17N5O3. The monoisotopic (exact) mass is 351 g/mol. The Morgan fingerprint density at radius 2 is 1.73 bits per heavy atom. The Balaban J connectivity index is 1.67. The van der Waals surface area contributed by atoms with E-state index in [9.17, 15) is 0 Å². The number of rotatable bonds is 5. The van der Waals surface area contributed by atoms with Gasteiger partial charge in [-0.3, -0.25) is 5.10 Å². The highest BCUT2D eigenvalue weighted by Gasteiger charge is 2.16. The van der Waals surface area contributed by atoms with Gasteiger partial charge < -0.3 is 19.9 Å². The number of aromatic nitrogens is 4. The molecule has 0 amide bonds. The van der Waals surface area contributed by atoms with Crippen molar-refractivity contribution in [2.75, 3.05) is 20.0 Å². The number of nitrogens with zero attached hydrogens (tertiary/aromatic N) is 3. The van der Waals surface area contributed by atoms with E-state index in [4.69, 9.17) is 19.9 Å². The molecule has 132 valence electrons.